The van der Waals surface area contributed by atoms with Gasteiger partial charge in [0.25, 0.3) is 0 Å². The first-order valence-corrected chi connectivity index (χ1v) is 8.14. The summed E-state index contributed by atoms with van der Waals surface area (Å²) in [5.74, 6) is 1.86. The van der Waals surface area contributed by atoms with Crippen molar-refractivity contribution in [2.45, 2.75) is 6.92 Å². The highest BCUT2D eigenvalue weighted by Crippen LogP contribution is 2.40. The molecule has 0 aliphatic heterocycles. The number of methoxy groups -OCH3 is 3. The van der Waals surface area contributed by atoms with E-state index in [1.54, 1.807) is 37.5 Å². The first-order chi connectivity index (χ1) is 12.6. The largest absolute Gasteiger partial charge is 0.493 e. The summed E-state index contributed by atoms with van der Waals surface area (Å²) in [6.07, 6.45) is 3.08. The number of hydrogen-bond donors (Lipinski definition) is 1. The third-order valence-corrected chi connectivity index (χ3v) is 3.59. The SMILES string of the molecule is CCOc1ccccc1NC(=O)/C=C/c1ccc(OC)c(OC)c1OC. The smallest absolute Gasteiger partial charge is 0.248 e. The number of para-hydroxylation sites is 2. The van der Waals surface area contributed by atoms with Crippen LogP contribution in [0.15, 0.2) is 42.5 Å². The molecule has 0 bridgehead atoms. The fraction of sp³-hybridized carbons (Fsp3) is 0.250. The minimum absolute atomic E-state index is 0.283. The number of anilines is 1. The molecule has 6 heteroatoms. The van der Waals surface area contributed by atoms with E-state index in [4.69, 9.17) is 18.9 Å². The van der Waals surface area contributed by atoms with Crippen molar-refractivity contribution < 1.29 is 23.7 Å². The zero-order valence-electron chi connectivity index (χ0n) is 15.4. The van der Waals surface area contributed by atoms with Gasteiger partial charge in [0.05, 0.1) is 33.6 Å². The van der Waals surface area contributed by atoms with Gasteiger partial charge in [0.15, 0.2) is 11.5 Å². The van der Waals surface area contributed by atoms with E-state index < -0.39 is 0 Å². The third-order valence-electron chi connectivity index (χ3n) is 3.59. The molecule has 0 saturated carbocycles. The molecule has 0 aliphatic rings. The standard InChI is InChI=1S/C20H23NO5/c1-5-26-16-9-7-6-8-15(16)21-18(22)13-11-14-10-12-17(23-2)20(25-4)19(14)24-3/h6-13H,5H2,1-4H3,(H,21,22)/b13-11+. The maximum Gasteiger partial charge on any atom is 0.248 e. The maximum atomic E-state index is 12.3. The molecule has 6 nitrogen and oxygen atoms in total. The van der Waals surface area contributed by atoms with Crippen molar-refractivity contribution in [2.75, 3.05) is 33.3 Å². The number of nitrogens with one attached hydrogen (secondary N) is 1. The van der Waals surface area contributed by atoms with E-state index in [0.717, 1.165) is 0 Å². The van der Waals surface area contributed by atoms with E-state index in [-0.39, 0.29) is 5.91 Å². The van der Waals surface area contributed by atoms with Crippen LogP contribution >= 0.6 is 0 Å². The minimum Gasteiger partial charge on any atom is -0.493 e. The molecule has 0 saturated heterocycles. The van der Waals surface area contributed by atoms with Crippen LogP contribution in [0, 0.1) is 0 Å². The van der Waals surface area contributed by atoms with Crippen molar-refractivity contribution in [1.82, 2.24) is 0 Å². The second kappa shape index (κ2) is 9.36. The lowest BCUT2D eigenvalue weighted by Gasteiger charge is -2.14. The van der Waals surface area contributed by atoms with Gasteiger partial charge in [-0.2, -0.15) is 0 Å². The Morgan fingerprint density at radius 1 is 0.962 bits per heavy atom. The Kier molecular flexibility index (Phi) is 6.91. The number of amides is 1. The maximum absolute atomic E-state index is 12.3. The van der Waals surface area contributed by atoms with Gasteiger partial charge in [-0.1, -0.05) is 12.1 Å². The van der Waals surface area contributed by atoms with Crippen LogP contribution in [-0.4, -0.2) is 33.8 Å². The molecule has 0 fully saturated rings. The molecule has 0 radical (unpaired) electrons. The van der Waals surface area contributed by atoms with Crippen molar-refractivity contribution in [3.05, 3.63) is 48.0 Å². The highest BCUT2D eigenvalue weighted by molar-refractivity contribution is 6.03. The lowest BCUT2D eigenvalue weighted by atomic mass is 10.1. The Labute approximate surface area is 153 Å². The molecule has 2 rings (SSSR count). The molecule has 138 valence electrons. The summed E-state index contributed by atoms with van der Waals surface area (Å²) in [6.45, 7) is 2.41. The zero-order valence-corrected chi connectivity index (χ0v) is 15.4. The van der Waals surface area contributed by atoms with Crippen molar-refractivity contribution >= 4 is 17.7 Å². The van der Waals surface area contributed by atoms with Crippen molar-refractivity contribution in [1.29, 1.82) is 0 Å². The molecular weight excluding hydrogens is 334 g/mol. The van der Waals surface area contributed by atoms with Crippen LogP contribution in [0.2, 0.25) is 0 Å². The fourth-order valence-electron chi connectivity index (χ4n) is 2.45. The predicted molar refractivity (Wildman–Crippen MR) is 101 cm³/mol. The Bertz CT molecular complexity index is 786. The van der Waals surface area contributed by atoms with Gasteiger partial charge in [-0.3, -0.25) is 4.79 Å². The van der Waals surface area contributed by atoms with Crippen LogP contribution in [0.1, 0.15) is 12.5 Å². The first-order valence-electron chi connectivity index (χ1n) is 8.14. The Morgan fingerprint density at radius 2 is 1.69 bits per heavy atom. The van der Waals surface area contributed by atoms with Crippen LogP contribution in [-0.2, 0) is 4.79 Å². The number of benzene rings is 2. The molecule has 2 aromatic rings. The summed E-state index contributed by atoms with van der Waals surface area (Å²) in [7, 11) is 4.62. The van der Waals surface area contributed by atoms with Crippen LogP contribution in [0.25, 0.3) is 6.08 Å². The normalized spacial score (nSPS) is 10.5. The second-order valence-electron chi connectivity index (χ2n) is 5.18. The van der Waals surface area contributed by atoms with Crippen molar-refractivity contribution in [3.63, 3.8) is 0 Å². The summed E-state index contributed by atoms with van der Waals surface area (Å²) < 4.78 is 21.5. The van der Waals surface area contributed by atoms with E-state index in [9.17, 15) is 4.79 Å². The molecule has 0 aliphatic carbocycles. The van der Waals surface area contributed by atoms with Crippen LogP contribution in [0.3, 0.4) is 0 Å². The van der Waals surface area contributed by atoms with Crippen LogP contribution in [0.5, 0.6) is 23.0 Å². The number of hydrogen-bond acceptors (Lipinski definition) is 5. The van der Waals surface area contributed by atoms with E-state index in [2.05, 4.69) is 5.32 Å². The van der Waals surface area contributed by atoms with Crippen molar-refractivity contribution in [2.24, 2.45) is 0 Å². The van der Waals surface area contributed by atoms with Gasteiger partial charge < -0.3 is 24.3 Å². The predicted octanol–water partition coefficient (Wildman–Crippen LogP) is 3.76. The Hall–Kier alpha value is -3.15. The van der Waals surface area contributed by atoms with E-state index >= 15 is 0 Å². The van der Waals surface area contributed by atoms with Gasteiger partial charge in [0.1, 0.15) is 5.75 Å². The number of rotatable bonds is 8. The number of ether oxygens (including phenoxy) is 4. The summed E-state index contributed by atoms with van der Waals surface area (Å²) in [5.41, 5.74) is 1.31. The fourth-order valence-corrected chi connectivity index (χ4v) is 2.45. The average molecular weight is 357 g/mol. The highest BCUT2D eigenvalue weighted by Gasteiger charge is 2.14. The molecule has 0 unspecified atom stereocenters. The highest BCUT2D eigenvalue weighted by atomic mass is 16.5. The van der Waals surface area contributed by atoms with Gasteiger partial charge >= 0.3 is 0 Å². The molecule has 0 atom stereocenters. The molecule has 2 aromatic carbocycles. The molecular formula is C20H23NO5. The van der Waals surface area contributed by atoms with E-state index in [1.165, 1.54) is 20.3 Å². The van der Waals surface area contributed by atoms with Gasteiger partial charge in [-0.25, -0.2) is 0 Å². The summed E-state index contributed by atoms with van der Waals surface area (Å²) >= 11 is 0. The van der Waals surface area contributed by atoms with Gasteiger partial charge in [-0.15, -0.1) is 0 Å². The monoisotopic (exact) mass is 357 g/mol. The lowest BCUT2D eigenvalue weighted by Crippen LogP contribution is -2.09. The molecule has 26 heavy (non-hydrogen) atoms. The Balaban J connectivity index is 2.21. The first kappa shape index (κ1) is 19.2. The Morgan fingerprint density at radius 3 is 2.35 bits per heavy atom. The topological polar surface area (TPSA) is 66.0 Å². The second-order valence-corrected chi connectivity index (χ2v) is 5.18. The minimum atomic E-state index is -0.283. The summed E-state index contributed by atoms with van der Waals surface area (Å²) in [4.78, 5) is 12.3. The van der Waals surface area contributed by atoms with E-state index in [0.29, 0.717) is 40.9 Å². The van der Waals surface area contributed by atoms with Crippen LogP contribution in [0.4, 0.5) is 5.69 Å². The van der Waals surface area contributed by atoms with Crippen molar-refractivity contribution in [3.8, 4) is 23.0 Å². The quantitative estimate of drug-likeness (QED) is 0.729. The summed E-state index contributed by atoms with van der Waals surface area (Å²) in [6, 6.07) is 10.8. The van der Waals surface area contributed by atoms with Gasteiger partial charge in [-0.05, 0) is 37.3 Å². The lowest BCUT2D eigenvalue weighted by molar-refractivity contribution is -0.111. The molecule has 1 amide bonds. The molecule has 0 aromatic heterocycles. The van der Waals surface area contributed by atoms with Gasteiger partial charge in [0.2, 0.25) is 11.7 Å². The van der Waals surface area contributed by atoms with E-state index in [1.807, 2.05) is 19.1 Å². The summed E-state index contributed by atoms with van der Waals surface area (Å²) in [5, 5.41) is 2.81. The average Bonchev–Trinajstić information content (AvgIpc) is 2.67. The molecule has 0 spiro atoms. The molecule has 0 heterocycles. The third kappa shape index (κ3) is 4.47. The zero-order chi connectivity index (χ0) is 18.9. The number of carbonyl (C=O) groups excluding carboxylic acids is 1. The van der Waals surface area contributed by atoms with Crippen LogP contribution < -0.4 is 24.3 Å². The number of carbonyl (C=O) groups is 1. The van der Waals surface area contributed by atoms with Gasteiger partial charge in [0, 0.05) is 11.6 Å². The molecule has 1 N–H and O–H groups in total.